The molecule has 0 amide bonds. The van der Waals surface area contributed by atoms with Crippen molar-refractivity contribution in [2.24, 2.45) is 7.05 Å². The molecule has 13 heavy (non-hydrogen) atoms. The highest BCUT2D eigenvalue weighted by Crippen LogP contribution is 2.17. The molecule has 0 radical (unpaired) electrons. The number of hydrogen-bond acceptors (Lipinski definition) is 2. The van der Waals surface area contributed by atoms with Crippen LogP contribution in [0, 0.1) is 12.7 Å². The first-order chi connectivity index (χ1) is 6.09. The van der Waals surface area contributed by atoms with E-state index in [9.17, 15) is 9.18 Å². The van der Waals surface area contributed by atoms with Gasteiger partial charge in [-0.25, -0.2) is 9.18 Å². The van der Waals surface area contributed by atoms with E-state index in [1.54, 1.807) is 13.0 Å². The molecule has 0 saturated carbocycles. The molecule has 0 saturated heterocycles. The van der Waals surface area contributed by atoms with Gasteiger partial charge >= 0.3 is 5.76 Å². The molecule has 0 fully saturated rings. The summed E-state index contributed by atoms with van der Waals surface area (Å²) in [5, 5.41) is 0. The quantitative estimate of drug-likeness (QED) is 0.618. The molecule has 3 nitrogen and oxygen atoms in total. The zero-order valence-corrected chi connectivity index (χ0v) is 7.30. The Kier molecular flexibility index (Phi) is 1.52. The molecule has 0 spiro atoms. The molecule has 2 aromatic rings. The van der Waals surface area contributed by atoms with Gasteiger partial charge in [-0.05, 0) is 24.6 Å². The van der Waals surface area contributed by atoms with Crippen LogP contribution in [-0.4, -0.2) is 4.57 Å². The van der Waals surface area contributed by atoms with Gasteiger partial charge in [0.2, 0.25) is 0 Å². The van der Waals surface area contributed by atoms with Gasteiger partial charge in [0.05, 0.1) is 0 Å². The van der Waals surface area contributed by atoms with Crippen LogP contribution in [0.25, 0.3) is 11.1 Å². The standard InChI is InChI=1S/C9H8FNO2/c1-5-3-6(10)8-7(4-5)13-9(12)11(8)2/h3-4H,1-2H3. The lowest BCUT2D eigenvalue weighted by Crippen LogP contribution is -2.09. The van der Waals surface area contributed by atoms with Gasteiger partial charge < -0.3 is 4.42 Å². The zero-order chi connectivity index (χ0) is 9.59. The average molecular weight is 181 g/mol. The van der Waals surface area contributed by atoms with E-state index in [1.165, 1.54) is 13.1 Å². The average Bonchev–Trinajstić information content (AvgIpc) is 2.27. The van der Waals surface area contributed by atoms with Crippen molar-refractivity contribution in [3.63, 3.8) is 0 Å². The minimum atomic E-state index is -0.542. The summed E-state index contributed by atoms with van der Waals surface area (Å²) < 4.78 is 19.3. The second-order valence-corrected chi connectivity index (χ2v) is 3.02. The predicted octanol–water partition coefficient (Wildman–Crippen LogP) is 1.58. The van der Waals surface area contributed by atoms with Crippen molar-refractivity contribution >= 4 is 11.1 Å². The molecule has 0 N–H and O–H groups in total. The molecule has 1 heterocycles. The number of nitrogens with zero attached hydrogens (tertiary/aromatic N) is 1. The second-order valence-electron chi connectivity index (χ2n) is 3.02. The van der Waals surface area contributed by atoms with E-state index in [-0.39, 0.29) is 5.52 Å². The van der Waals surface area contributed by atoms with Crippen LogP contribution in [0.3, 0.4) is 0 Å². The Balaban J connectivity index is 3.03. The number of fused-ring (bicyclic) bond motifs is 1. The van der Waals surface area contributed by atoms with E-state index in [2.05, 4.69) is 0 Å². The Morgan fingerprint density at radius 1 is 1.46 bits per heavy atom. The molecule has 0 aliphatic rings. The molecule has 0 aliphatic carbocycles. The number of aromatic nitrogens is 1. The fourth-order valence-corrected chi connectivity index (χ4v) is 1.36. The van der Waals surface area contributed by atoms with Gasteiger partial charge in [-0.3, -0.25) is 4.57 Å². The van der Waals surface area contributed by atoms with Gasteiger partial charge in [0.15, 0.2) is 11.4 Å². The summed E-state index contributed by atoms with van der Waals surface area (Å²) in [6.45, 7) is 1.75. The summed E-state index contributed by atoms with van der Waals surface area (Å²) in [7, 11) is 1.48. The summed E-state index contributed by atoms with van der Waals surface area (Å²) >= 11 is 0. The monoisotopic (exact) mass is 181 g/mol. The number of oxazole rings is 1. The maximum absolute atomic E-state index is 13.3. The third-order valence-corrected chi connectivity index (χ3v) is 1.98. The third kappa shape index (κ3) is 1.06. The molecule has 4 heteroatoms. The predicted molar refractivity (Wildman–Crippen MR) is 46.2 cm³/mol. The second kappa shape index (κ2) is 2.45. The first-order valence-corrected chi connectivity index (χ1v) is 3.85. The number of benzene rings is 1. The van der Waals surface area contributed by atoms with Crippen LogP contribution in [0.1, 0.15) is 5.56 Å². The van der Waals surface area contributed by atoms with Crippen molar-refractivity contribution in [2.75, 3.05) is 0 Å². The highest BCUT2D eigenvalue weighted by atomic mass is 19.1. The summed E-state index contributed by atoms with van der Waals surface area (Å²) in [5.41, 5.74) is 1.25. The highest BCUT2D eigenvalue weighted by molar-refractivity contribution is 5.74. The Morgan fingerprint density at radius 2 is 2.15 bits per heavy atom. The van der Waals surface area contributed by atoms with Crippen molar-refractivity contribution in [3.05, 3.63) is 34.1 Å². The lowest BCUT2D eigenvalue weighted by atomic mass is 10.2. The summed E-state index contributed by atoms with van der Waals surface area (Å²) in [6, 6.07) is 3.01. The van der Waals surface area contributed by atoms with Gasteiger partial charge in [0, 0.05) is 7.05 Å². The van der Waals surface area contributed by atoms with Crippen LogP contribution in [0.4, 0.5) is 4.39 Å². The SMILES string of the molecule is Cc1cc(F)c2c(c1)oc(=O)n2C. The van der Waals surface area contributed by atoms with E-state index in [4.69, 9.17) is 4.42 Å². The first-order valence-electron chi connectivity index (χ1n) is 3.85. The molecule has 0 bridgehead atoms. The van der Waals surface area contributed by atoms with Crippen LogP contribution in [0.2, 0.25) is 0 Å². The fourth-order valence-electron chi connectivity index (χ4n) is 1.36. The number of rotatable bonds is 0. The van der Waals surface area contributed by atoms with Gasteiger partial charge in [0.25, 0.3) is 0 Å². The topological polar surface area (TPSA) is 35.1 Å². The Labute approximate surface area is 73.4 Å². The molecule has 0 atom stereocenters. The molecule has 0 unspecified atom stereocenters. The van der Waals surface area contributed by atoms with Gasteiger partial charge in [-0.15, -0.1) is 0 Å². The summed E-state index contributed by atoms with van der Waals surface area (Å²) in [4.78, 5) is 11.0. The van der Waals surface area contributed by atoms with Gasteiger partial charge in [0.1, 0.15) is 5.52 Å². The number of hydrogen-bond donors (Lipinski definition) is 0. The molecular formula is C9H8FNO2. The van der Waals surface area contributed by atoms with E-state index in [0.717, 1.165) is 10.1 Å². The molecular weight excluding hydrogens is 173 g/mol. The minimum absolute atomic E-state index is 0.218. The lowest BCUT2D eigenvalue weighted by molar-refractivity contribution is 0.527. The fraction of sp³-hybridized carbons (Fsp3) is 0.222. The van der Waals surface area contributed by atoms with Crippen molar-refractivity contribution in [2.45, 2.75) is 6.92 Å². The third-order valence-electron chi connectivity index (χ3n) is 1.98. The van der Waals surface area contributed by atoms with Gasteiger partial charge in [-0.1, -0.05) is 0 Å². The van der Waals surface area contributed by atoms with Crippen LogP contribution in [0.5, 0.6) is 0 Å². The first kappa shape index (κ1) is 8.04. The lowest BCUT2D eigenvalue weighted by Gasteiger charge is -1.95. The molecule has 68 valence electrons. The van der Waals surface area contributed by atoms with E-state index in [0.29, 0.717) is 5.58 Å². The number of halogens is 1. The zero-order valence-electron chi connectivity index (χ0n) is 7.30. The Morgan fingerprint density at radius 3 is 2.85 bits per heavy atom. The van der Waals surface area contributed by atoms with Crippen LogP contribution < -0.4 is 5.76 Å². The van der Waals surface area contributed by atoms with Gasteiger partial charge in [-0.2, -0.15) is 0 Å². The molecule has 2 rings (SSSR count). The maximum Gasteiger partial charge on any atom is 0.419 e. The maximum atomic E-state index is 13.3. The van der Waals surface area contributed by atoms with Crippen molar-refractivity contribution in [3.8, 4) is 0 Å². The Bertz CT molecular complexity index is 524. The normalized spacial score (nSPS) is 11.0. The Hall–Kier alpha value is -1.58. The van der Waals surface area contributed by atoms with Crippen LogP contribution in [-0.2, 0) is 7.05 Å². The van der Waals surface area contributed by atoms with E-state index in [1.807, 2.05) is 0 Å². The summed E-state index contributed by atoms with van der Waals surface area (Å²) in [6.07, 6.45) is 0. The highest BCUT2D eigenvalue weighted by Gasteiger charge is 2.10. The van der Waals surface area contributed by atoms with E-state index < -0.39 is 11.6 Å². The largest absolute Gasteiger partial charge is 0.419 e. The smallest absolute Gasteiger partial charge is 0.408 e. The minimum Gasteiger partial charge on any atom is -0.408 e. The van der Waals surface area contributed by atoms with Crippen molar-refractivity contribution in [1.29, 1.82) is 0 Å². The molecule has 1 aromatic carbocycles. The molecule has 1 aromatic heterocycles. The van der Waals surface area contributed by atoms with Crippen LogP contribution in [0.15, 0.2) is 21.3 Å². The summed E-state index contributed by atoms with van der Waals surface area (Å²) in [5.74, 6) is -0.970. The van der Waals surface area contributed by atoms with Crippen molar-refractivity contribution < 1.29 is 8.81 Å². The van der Waals surface area contributed by atoms with Crippen molar-refractivity contribution in [1.82, 2.24) is 4.57 Å². The van der Waals surface area contributed by atoms with Crippen LogP contribution >= 0.6 is 0 Å². The molecule has 0 aliphatic heterocycles. The number of aryl methyl sites for hydroxylation is 2. The van der Waals surface area contributed by atoms with E-state index >= 15 is 0 Å².